The zero-order valence-electron chi connectivity index (χ0n) is 6.64. The number of ether oxygens (including phenoxy) is 1. The van der Waals surface area contributed by atoms with Gasteiger partial charge >= 0.3 is 0 Å². The molecular weight excluding hydrogens is 154 g/mol. The van der Waals surface area contributed by atoms with Crippen LogP contribution in [-0.4, -0.2) is 13.0 Å². The first kappa shape index (κ1) is 8.74. The van der Waals surface area contributed by atoms with E-state index in [2.05, 4.69) is 0 Å². The van der Waals surface area contributed by atoms with Crippen molar-refractivity contribution in [3.8, 4) is 0 Å². The van der Waals surface area contributed by atoms with Crippen molar-refractivity contribution in [2.45, 2.75) is 6.10 Å². The highest BCUT2D eigenvalue weighted by Gasteiger charge is 2.07. The van der Waals surface area contributed by atoms with Gasteiger partial charge in [0, 0.05) is 6.54 Å². The SMILES string of the molecule is NCC(OC=O)c1ccccc1. The van der Waals surface area contributed by atoms with Crippen molar-refractivity contribution in [3.63, 3.8) is 0 Å². The zero-order chi connectivity index (χ0) is 8.81. The second-order valence-corrected chi connectivity index (χ2v) is 2.37. The highest BCUT2D eigenvalue weighted by atomic mass is 16.5. The van der Waals surface area contributed by atoms with E-state index in [1.54, 1.807) is 0 Å². The van der Waals surface area contributed by atoms with E-state index in [1.165, 1.54) is 0 Å². The van der Waals surface area contributed by atoms with Gasteiger partial charge < -0.3 is 10.5 Å². The summed E-state index contributed by atoms with van der Waals surface area (Å²) in [6.45, 7) is 0.729. The van der Waals surface area contributed by atoms with E-state index in [0.717, 1.165) is 5.56 Å². The summed E-state index contributed by atoms with van der Waals surface area (Å²) in [5, 5.41) is 0. The molecule has 1 rings (SSSR count). The molecular formula is C9H11NO2. The Labute approximate surface area is 71.1 Å². The number of benzene rings is 1. The quantitative estimate of drug-likeness (QED) is 0.673. The number of hydrogen-bond acceptors (Lipinski definition) is 3. The molecule has 2 N–H and O–H groups in total. The van der Waals surface area contributed by atoms with Crippen LogP contribution in [0.1, 0.15) is 11.7 Å². The van der Waals surface area contributed by atoms with Crippen molar-refractivity contribution in [2.24, 2.45) is 5.73 Å². The van der Waals surface area contributed by atoms with Crippen molar-refractivity contribution >= 4 is 6.47 Å². The van der Waals surface area contributed by atoms with Gasteiger partial charge in [-0.05, 0) is 5.56 Å². The number of nitrogens with two attached hydrogens (primary N) is 1. The Morgan fingerprint density at radius 2 is 2.08 bits per heavy atom. The summed E-state index contributed by atoms with van der Waals surface area (Å²) in [7, 11) is 0. The number of hydrogen-bond donors (Lipinski definition) is 1. The Morgan fingerprint density at radius 3 is 2.58 bits per heavy atom. The van der Waals surface area contributed by atoms with E-state index < -0.39 is 0 Å². The number of rotatable bonds is 4. The van der Waals surface area contributed by atoms with E-state index in [0.29, 0.717) is 13.0 Å². The van der Waals surface area contributed by atoms with Gasteiger partial charge in [0.05, 0.1) is 0 Å². The third-order valence-corrected chi connectivity index (χ3v) is 1.61. The molecule has 64 valence electrons. The first-order chi connectivity index (χ1) is 5.88. The number of carbonyl (C=O) groups excluding carboxylic acids is 1. The van der Waals surface area contributed by atoms with Gasteiger partial charge in [0.1, 0.15) is 6.10 Å². The van der Waals surface area contributed by atoms with Crippen LogP contribution in [0.2, 0.25) is 0 Å². The molecule has 0 saturated carbocycles. The lowest BCUT2D eigenvalue weighted by molar-refractivity contribution is -0.133. The van der Waals surface area contributed by atoms with E-state index in [-0.39, 0.29) is 6.10 Å². The molecule has 0 amide bonds. The fourth-order valence-electron chi connectivity index (χ4n) is 1.00. The summed E-state index contributed by atoms with van der Waals surface area (Å²) >= 11 is 0. The maximum Gasteiger partial charge on any atom is 0.293 e. The molecule has 0 fully saturated rings. The van der Waals surface area contributed by atoms with Gasteiger partial charge in [-0.15, -0.1) is 0 Å². The second-order valence-electron chi connectivity index (χ2n) is 2.37. The fraction of sp³-hybridized carbons (Fsp3) is 0.222. The first-order valence-electron chi connectivity index (χ1n) is 3.72. The summed E-state index contributed by atoms with van der Waals surface area (Å²) in [4.78, 5) is 10.1. The van der Waals surface area contributed by atoms with Crippen LogP contribution in [0.5, 0.6) is 0 Å². The summed E-state index contributed by atoms with van der Waals surface area (Å²) in [6.07, 6.45) is -0.316. The maximum atomic E-state index is 10.1. The predicted octanol–water partition coefficient (Wildman–Crippen LogP) is 0.859. The Bertz CT molecular complexity index is 236. The van der Waals surface area contributed by atoms with Crippen LogP contribution >= 0.6 is 0 Å². The zero-order valence-corrected chi connectivity index (χ0v) is 6.64. The summed E-state index contributed by atoms with van der Waals surface area (Å²) in [5.74, 6) is 0. The highest BCUT2D eigenvalue weighted by Crippen LogP contribution is 2.13. The molecule has 0 bridgehead atoms. The molecule has 0 radical (unpaired) electrons. The molecule has 1 unspecified atom stereocenters. The van der Waals surface area contributed by atoms with Crippen LogP contribution in [-0.2, 0) is 9.53 Å². The maximum absolute atomic E-state index is 10.1. The van der Waals surface area contributed by atoms with Gasteiger partial charge in [-0.3, -0.25) is 4.79 Å². The van der Waals surface area contributed by atoms with Gasteiger partial charge in [-0.1, -0.05) is 30.3 Å². The van der Waals surface area contributed by atoms with Crippen LogP contribution in [0.3, 0.4) is 0 Å². The Morgan fingerprint density at radius 1 is 1.42 bits per heavy atom. The second kappa shape index (κ2) is 4.51. The topological polar surface area (TPSA) is 52.3 Å². The van der Waals surface area contributed by atoms with Crippen molar-refractivity contribution in [3.05, 3.63) is 35.9 Å². The monoisotopic (exact) mass is 165 g/mol. The molecule has 1 atom stereocenters. The smallest absolute Gasteiger partial charge is 0.293 e. The van der Waals surface area contributed by atoms with Crippen LogP contribution in [0.4, 0.5) is 0 Å². The van der Waals surface area contributed by atoms with Crippen molar-refractivity contribution in [2.75, 3.05) is 6.54 Å². The molecule has 0 aliphatic rings. The lowest BCUT2D eigenvalue weighted by atomic mass is 10.1. The third kappa shape index (κ3) is 2.07. The first-order valence-corrected chi connectivity index (χ1v) is 3.72. The normalized spacial score (nSPS) is 12.1. The molecule has 0 spiro atoms. The molecule has 0 aliphatic heterocycles. The van der Waals surface area contributed by atoms with Crippen LogP contribution < -0.4 is 5.73 Å². The largest absolute Gasteiger partial charge is 0.458 e. The Balaban J connectivity index is 2.72. The van der Waals surface area contributed by atoms with Gasteiger partial charge in [0.25, 0.3) is 6.47 Å². The molecule has 12 heavy (non-hydrogen) atoms. The third-order valence-electron chi connectivity index (χ3n) is 1.61. The fourth-order valence-corrected chi connectivity index (χ4v) is 1.00. The van der Waals surface area contributed by atoms with Gasteiger partial charge in [-0.25, -0.2) is 0 Å². The molecule has 0 aliphatic carbocycles. The average molecular weight is 165 g/mol. The van der Waals surface area contributed by atoms with Crippen molar-refractivity contribution in [1.29, 1.82) is 0 Å². The molecule has 3 nitrogen and oxygen atoms in total. The highest BCUT2D eigenvalue weighted by molar-refractivity contribution is 5.38. The summed E-state index contributed by atoms with van der Waals surface area (Å²) in [5.41, 5.74) is 6.33. The standard InChI is InChI=1S/C9H11NO2/c10-6-9(12-7-11)8-4-2-1-3-5-8/h1-5,7,9H,6,10H2. The predicted molar refractivity (Wildman–Crippen MR) is 45.4 cm³/mol. The minimum atomic E-state index is -0.316. The lowest BCUT2D eigenvalue weighted by Crippen LogP contribution is -2.14. The minimum Gasteiger partial charge on any atom is -0.458 e. The van der Waals surface area contributed by atoms with Gasteiger partial charge in [0.2, 0.25) is 0 Å². The Kier molecular flexibility index (Phi) is 3.29. The van der Waals surface area contributed by atoms with Crippen LogP contribution in [0.25, 0.3) is 0 Å². The van der Waals surface area contributed by atoms with E-state index >= 15 is 0 Å². The minimum absolute atomic E-state index is 0.308. The number of carbonyl (C=O) groups is 1. The lowest BCUT2D eigenvalue weighted by Gasteiger charge is -2.12. The van der Waals surface area contributed by atoms with Gasteiger partial charge in [-0.2, -0.15) is 0 Å². The summed E-state index contributed by atoms with van der Waals surface area (Å²) in [6, 6.07) is 9.42. The van der Waals surface area contributed by atoms with Crippen molar-refractivity contribution < 1.29 is 9.53 Å². The van der Waals surface area contributed by atoms with Crippen LogP contribution in [0.15, 0.2) is 30.3 Å². The molecule has 0 aromatic heterocycles. The molecule has 0 saturated heterocycles. The van der Waals surface area contributed by atoms with E-state index in [4.69, 9.17) is 10.5 Å². The van der Waals surface area contributed by atoms with E-state index in [9.17, 15) is 4.79 Å². The molecule has 3 heteroatoms. The van der Waals surface area contributed by atoms with E-state index in [1.807, 2.05) is 30.3 Å². The summed E-state index contributed by atoms with van der Waals surface area (Å²) < 4.78 is 4.77. The molecule has 1 aromatic rings. The van der Waals surface area contributed by atoms with Crippen LogP contribution in [0, 0.1) is 0 Å². The average Bonchev–Trinajstić information content (AvgIpc) is 2.15. The molecule has 1 aromatic carbocycles. The van der Waals surface area contributed by atoms with Gasteiger partial charge in [0.15, 0.2) is 0 Å². The molecule has 0 heterocycles. The van der Waals surface area contributed by atoms with Crippen molar-refractivity contribution in [1.82, 2.24) is 0 Å². The Hall–Kier alpha value is -1.35.